The number of hydrogen-bond acceptors (Lipinski definition) is 3. The van der Waals surface area contributed by atoms with Gasteiger partial charge in [0.2, 0.25) is 0 Å². The molecule has 0 aliphatic heterocycles. The predicted octanol–water partition coefficient (Wildman–Crippen LogP) is 2.32. The minimum atomic E-state index is -0.304. The minimum absolute atomic E-state index is 0.220. The van der Waals surface area contributed by atoms with Gasteiger partial charge in [-0.2, -0.15) is 0 Å². The molecule has 0 atom stereocenters. The van der Waals surface area contributed by atoms with Crippen LogP contribution in [0.15, 0.2) is 18.2 Å². The van der Waals surface area contributed by atoms with Crippen molar-refractivity contribution < 1.29 is 9.13 Å². The smallest absolute Gasteiger partial charge is 0.124 e. The largest absolute Gasteiger partial charge is 0.389 e. The third-order valence-corrected chi connectivity index (χ3v) is 3.09. The van der Waals surface area contributed by atoms with Crippen molar-refractivity contribution in [1.29, 1.82) is 0 Å². The molecule has 0 amide bonds. The normalized spacial score (nSPS) is 10.9. The van der Waals surface area contributed by atoms with Crippen molar-refractivity contribution in [3.05, 3.63) is 35.1 Å². The summed E-state index contributed by atoms with van der Waals surface area (Å²) in [4.78, 5) is 2.41. The monoisotopic (exact) mass is 284 g/mol. The Balaban J connectivity index is 2.70. The molecular formula is C14H21FN2OS. The third-order valence-electron chi connectivity index (χ3n) is 2.85. The van der Waals surface area contributed by atoms with Gasteiger partial charge < -0.3 is 10.5 Å². The topological polar surface area (TPSA) is 38.5 Å². The molecule has 0 unspecified atom stereocenters. The SMILES string of the molecule is CCOCCN(CC)Cc1cc(F)cc(C(N)=S)c1. The Bertz CT molecular complexity index is 426. The summed E-state index contributed by atoms with van der Waals surface area (Å²) in [6.45, 7) is 7.80. The number of ether oxygens (including phenoxy) is 1. The van der Waals surface area contributed by atoms with Gasteiger partial charge in [-0.25, -0.2) is 4.39 Å². The number of nitrogens with two attached hydrogens (primary N) is 1. The van der Waals surface area contributed by atoms with Gasteiger partial charge in [0.05, 0.1) is 6.61 Å². The van der Waals surface area contributed by atoms with Crippen LogP contribution in [0.4, 0.5) is 4.39 Å². The number of benzene rings is 1. The van der Waals surface area contributed by atoms with Gasteiger partial charge in [0, 0.05) is 25.3 Å². The number of thiocarbonyl (C=S) groups is 1. The molecule has 0 aromatic heterocycles. The van der Waals surface area contributed by atoms with Crippen molar-refractivity contribution >= 4 is 17.2 Å². The molecule has 2 N–H and O–H groups in total. The Kier molecular flexibility index (Phi) is 6.91. The van der Waals surface area contributed by atoms with E-state index in [9.17, 15) is 4.39 Å². The Labute approximate surface area is 119 Å². The zero-order valence-corrected chi connectivity index (χ0v) is 12.3. The van der Waals surface area contributed by atoms with E-state index in [0.717, 1.165) is 18.7 Å². The number of halogens is 1. The van der Waals surface area contributed by atoms with E-state index in [2.05, 4.69) is 11.8 Å². The van der Waals surface area contributed by atoms with E-state index in [0.29, 0.717) is 25.3 Å². The first-order valence-corrected chi connectivity index (χ1v) is 6.87. The summed E-state index contributed by atoms with van der Waals surface area (Å²) in [5.74, 6) is -0.304. The van der Waals surface area contributed by atoms with E-state index in [-0.39, 0.29) is 10.8 Å². The molecule has 3 nitrogen and oxygen atoms in total. The Morgan fingerprint density at radius 2 is 2.11 bits per heavy atom. The van der Waals surface area contributed by atoms with Crippen molar-refractivity contribution in [2.45, 2.75) is 20.4 Å². The lowest BCUT2D eigenvalue weighted by Gasteiger charge is -2.20. The Hall–Kier alpha value is -1.04. The van der Waals surface area contributed by atoms with Crippen LogP contribution in [0.2, 0.25) is 0 Å². The average Bonchev–Trinajstić information content (AvgIpc) is 2.37. The lowest BCUT2D eigenvalue weighted by atomic mass is 10.1. The zero-order valence-electron chi connectivity index (χ0n) is 11.5. The summed E-state index contributed by atoms with van der Waals surface area (Å²) in [6.07, 6.45) is 0. The van der Waals surface area contributed by atoms with Gasteiger partial charge in [-0.1, -0.05) is 19.1 Å². The molecule has 0 fully saturated rings. The molecule has 1 aromatic rings. The van der Waals surface area contributed by atoms with Crippen LogP contribution in [-0.2, 0) is 11.3 Å². The highest BCUT2D eigenvalue weighted by molar-refractivity contribution is 7.80. The fraction of sp³-hybridized carbons (Fsp3) is 0.500. The number of nitrogens with zero attached hydrogens (tertiary/aromatic N) is 1. The zero-order chi connectivity index (χ0) is 14.3. The molecule has 0 aliphatic carbocycles. The van der Waals surface area contributed by atoms with Gasteiger partial charge in [-0.05, 0) is 37.2 Å². The van der Waals surface area contributed by atoms with Crippen LogP contribution in [0.3, 0.4) is 0 Å². The van der Waals surface area contributed by atoms with Crippen LogP contribution in [0.25, 0.3) is 0 Å². The Morgan fingerprint density at radius 3 is 2.68 bits per heavy atom. The maximum Gasteiger partial charge on any atom is 0.124 e. The van der Waals surface area contributed by atoms with E-state index in [4.69, 9.17) is 22.7 Å². The van der Waals surface area contributed by atoms with Crippen LogP contribution < -0.4 is 5.73 Å². The highest BCUT2D eigenvalue weighted by atomic mass is 32.1. The summed E-state index contributed by atoms with van der Waals surface area (Å²) in [7, 11) is 0. The first-order valence-electron chi connectivity index (χ1n) is 6.46. The van der Waals surface area contributed by atoms with Gasteiger partial charge in [0.25, 0.3) is 0 Å². The summed E-state index contributed by atoms with van der Waals surface area (Å²) < 4.78 is 18.8. The van der Waals surface area contributed by atoms with Crippen molar-refractivity contribution in [1.82, 2.24) is 4.90 Å². The second-order valence-corrected chi connectivity index (χ2v) is 4.72. The van der Waals surface area contributed by atoms with Crippen LogP contribution in [0.1, 0.15) is 25.0 Å². The highest BCUT2D eigenvalue weighted by Crippen LogP contribution is 2.12. The summed E-state index contributed by atoms with van der Waals surface area (Å²) in [5.41, 5.74) is 7.00. The van der Waals surface area contributed by atoms with Gasteiger partial charge >= 0.3 is 0 Å². The van der Waals surface area contributed by atoms with Crippen molar-refractivity contribution in [3.63, 3.8) is 0 Å². The predicted molar refractivity (Wildman–Crippen MR) is 79.7 cm³/mol. The number of rotatable bonds is 8. The fourth-order valence-electron chi connectivity index (χ4n) is 1.83. The molecule has 106 valence electrons. The summed E-state index contributed by atoms with van der Waals surface area (Å²) in [5, 5.41) is 0. The van der Waals surface area contributed by atoms with E-state index < -0.39 is 0 Å². The van der Waals surface area contributed by atoms with Crippen molar-refractivity contribution in [3.8, 4) is 0 Å². The maximum atomic E-state index is 13.5. The highest BCUT2D eigenvalue weighted by Gasteiger charge is 2.07. The van der Waals surface area contributed by atoms with E-state index in [1.807, 2.05) is 13.0 Å². The summed E-state index contributed by atoms with van der Waals surface area (Å²) in [6, 6.07) is 4.72. The molecule has 0 bridgehead atoms. The van der Waals surface area contributed by atoms with Gasteiger partial charge in [0.15, 0.2) is 0 Å². The fourth-order valence-corrected chi connectivity index (χ4v) is 1.95. The molecule has 0 radical (unpaired) electrons. The molecule has 0 heterocycles. The lowest BCUT2D eigenvalue weighted by Crippen LogP contribution is -2.27. The number of likely N-dealkylation sites (N-methyl/N-ethyl adjacent to an activating group) is 1. The molecule has 19 heavy (non-hydrogen) atoms. The Morgan fingerprint density at radius 1 is 1.37 bits per heavy atom. The molecular weight excluding hydrogens is 263 g/mol. The maximum absolute atomic E-state index is 13.5. The van der Waals surface area contributed by atoms with Crippen LogP contribution in [-0.4, -0.2) is 36.2 Å². The first-order chi connectivity index (χ1) is 9.06. The summed E-state index contributed by atoms with van der Waals surface area (Å²) >= 11 is 4.89. The second kappa shape index (κ2) is 8.19. The van der Waals surface area contributed by atoms with Crippen LogP contribution in [0.5, 0.6) is 0 Å². The lowest BCUT2D eigenvalue weighted by molar-refractivity contribution is 0.113. The molecule has 1 rings (SSSR count). The van der Waals surface area contributed by atoms with E-state index in [1.54, 1.807) is 0 Å². The van der Waals surface area contributed by atoms with Gasteiger partial charge in [-0.15, -0.1) is 0 Å². The molecule has 0 saturated heterocycles. The minimum Gasteiger partial charge on any atom is -0.389 e. The van der Waals surface area contributed by atoms with Crippen molar-refractivity contribution in [2.75, 3.05) is 26.3 Å². The number of hydrogen-bond donors (Lipinski definition) is 1. The molecule has 0 spiro atoms. The quantitative estimate of drug-likeness (QED) is 0.587. The second-order valence-electron chi connectivity index (χ2n) is 4.28. The van der Waals surface area contributed by atoms with Crippen molar-refractivity contribution in [2.24, 2.45) is 5.73 Å². The molecule has 0 aliphatic rings. The molecule has 5 heteroatoms. The molecule has 1 aromatic carbocycles. The van der Waals surface area contributed by atoms with Gasteiger partial charge in [-0.3, -0.25) is 4.90 Å². The standard InChI is InChI=1S/C14H21FN2OS/c1-3-17(5-6-18-4-2)10-11-7-12(14(16)19)9-13(15)8-11/h7-9H,3-6,10H2,1-2H3,(H2,16,19). The van der Waals surface area contributed by atoms with Crippen LogP contribution >= 0.6 is 12.2 Å². The third kappa shape index (κ3) is 5.63. The first kappa shape index (κ1) is 16.0. The molecule has 0 saturated carbocycles. The van der Waals surface area contributed by atoms with E-state index in [1.165, 1.54) is 12.1 Å². The van der Waals surface area contributed by atoms with Crippen LogP contribution in [0, 0.1) is 5.82 Å². The van der Waals surface area contributed by atoms with Gasteiger partial charge in [0.1, 0.15) is 10.8 Å². The van der Waals surface area contributed by atoms with E-state index >= 15 is 0 Å². The average molecular weight is 284 g/mol.